The number of hydrogen-bond acceptors (Lipinski definition) is 5. The Bertz CT molecular complexity index is 1380. The number of benzene rings is 2. The molecule has 0 saturated heterocycles. The van der Waals surface area contributed by atoms with Crippen LogP contribution < -0.4 is 10.9 Å². The van der Waals surface area contributed by atoms with Gasteiger partial charge in [-0.1, -0.05) is 35.0 Å². The molecule has 1 amide bonds. The summed E-state index contributed by atoms with van der Waals surface area (Å²) in [5, 5.41) is 7.47. The minimum absolute atomic E-state index is 0.138. The van der Waals surface area contributed by atoms with E-state index >= 15 is 0 Å². The van der Waals surface area contributed by atoms with Crippen LogP contribution in [0, 0.1) is 5.82 Å². The van der Waals surface area contributed by atoms with Crippen molar-refractivity contribution in [1.82, 2.24) is 14.7 Å². The number of anilines is 1. The molecule has 1 fully saturated rings. The SMILES string of the molecule is O=C(Cn1c(=O)cc(-c2nc(C3CC3)no2)c2ccccc21)Nc1cc(F)ccc1Cl. The molecule has 0 bridgehead atoms. The Hall–Kier alpha value is -3.52. The number of fused-ring (bicyclic) bond motifs is 1. The monoisotopic (exact) mass is 438 g/mol. The smallest absolute Gasteiger partial charge is 0.258 e. The van der Waals surface area contributed by atoms with E-state index in [9.17, 15) is 14.0 Å². The number of halogens is 2. The van der Waals surface area contributed by atoms with Crippen molar-refractivity contribution in [2.45, 2.75) is 25.3 Å². The predicted octanol–water partition coefficient (Wildman–Crippen LogP) is 4.36. The fraction of sp³-hybridized carbons (Fsp3) is 0.182. The Kier molecular flexibility index (Phi) is 4.78. The van der Waals surface area contributed by atoms with Crippen LogP contribution in [0.1, 0.15) is 24.6 Å². The molecule has 156 valence electrons. The van der Waals surface area contributed by atoms with Crippen molar-refractivity contribution in [1.29, 1.82) is 0 Å². The highest BCUT2D eigenvalue weighted by atomic mass is 35.5. The van der Waals surface area contributed by atoms with Crippen molar-refractivity contribution in [2.24, 2.45) is 0 Å². The fourth-order valence-electron chi connectivity index (χ4n) is 3.45. The Labute approximate surface area is 180 Å². The van der Waals surface area contributed by atoms with Crippen LogP contribution in [0.3, 0.4) is 0 Å². The molecule has 0 spiro atoms. The molecule has 2 aromatic carbocycles. The zero-order chi connectivity index (χ0) is 21.5. The summed E-state index contributed by atoms with van der Waals surface area (Å²) >= 11 is 6.01. The molecular formula is C22H16ClFN4O3. The highest BCUT2D eigenvalue weighted by Crippen LogP contribution is 2.39. The van der Waals surface area contributed by atoms with Gasteiger partial charge in [0.25, 0.3) is 11.4 Å². The molecule has 1 saturated carbocycles. The Morgan fingerprint density at radius 2 is 2.03 bits per heavy atom. The molecule has 2 aromatic heterocycles. The molecule has 5 rings (SSSR count). The molecule has 1 N–H and O–H groups in total. The van der Waals surface area contributed by atoms with E-state index in [1.54, 1.807) is 12.1 Å². The van der Waals surface area contributed by atoms with Crippen LogP contribution in [0.2, 0.25) is 5.02 Å². The summed E-state index contributed by atoms with van der Waals surface area (Å²) < 4.78 is 20.2. The van der Waals surface area contributed by atoms with Gasteiger partial charge >= 0.3 is 0 Å². The lowest BCUT2D eigenvalue weighted by molar-refractivity contribution is -0.116. The number of carbonyl (C=O) groups is 1. The summed E-state index contributed by atoms with van der Waals surface area (Å²) in [5.41, 5.74) is 0.793. The minimum Gasteiger partial charge on any atom is -0.334 e. The maximum absolute atomic E-state index is 13.5. The van der Waals surface area contributed by atoms with Gasteiger partial charge in [-0.05, 0) is 37.1 Å². The topological polar surface area (TPSA) is 90.0 Å². The molecule has 1 aliphatic rings. The molecule has 1 aliphatic carbocycles. The first kappa shape index (κ1) is 19.4. The van der Waals surface area contributed by atoms with Crippen molar-refractivity contribution in [3.63, 3.8) is 0 Å². The second-order valence-electron chi connectivity index (χ2n) is 7.40. The van der Waals surface area contributed by atoms with Gasteiger partial charge in [-0.25, -0.2) is 4.39 Å². The summed E-state index contributed by atoms with van der Waals surface area (Å²) in [6, 6.07) is 12.2. The third-order valence-corrected chi connectivity index (χ3v) is 5.47. The van der Waals surface area contributed by atoms with E-state index in [2.05, 4.69) is 15.5 Å². The van der Waals surface area contributed by atoms with Crippen molar-refractivity contribution in [2.75, 3.05) is 5.32 Å². The second-order valence-corrected chi connectivity index (χ2v) is 7.81. The highest BCUT2D eigenvalue weighted by Gasteiger charge is 2.29. The Balaban J connectivity index is 1.50. The molecule has 0 aliphatic heterocycles. The highest BCUT2D eigenvalue weighted by molar-refractivity contribution is 6.33. The molecule has 31 heavy (non-hydrogen) atoms. The van der Waals surface area contributed by atoms with Crippen molar-refractivity contribution >= 4 is 34.1 Å². The molecule has 0 atom stereocenters. The lowest BCUT2D eigenvalue weighted by atomic mass is 10.1. The van der Waals surface area contributed by atoms with Gasteiger partial charge in [0.05, 0.1) is 21.8 Å². The number of amides is 1. The zero-order valence-corrected chi connectivity index (χ0v) is 16.9. The normalized spacial score (nSPS) is 13.5. The molecule has 0 radical (unpaired) electrons. The fourth-order valence-corrected chi connectivity index (χ4v) is 3.62. The first-order valence-corrected chi connectivity index (χ1v) is 10.1. The lowest BCUT2D eigenvalue weighted by Crippen LogP contribution is -2.28. The first-order valence-electron chi connectivity index (χ1n) is 9.71. The van der Waals surface area contributed by atoms with Gasteiger partial charge in [0.1, 0.15) is 12.4 Å². The molecule has 4 aromatic rings. The van der Waals surface area contributed by atoms with Gasteiger partial charge in [0, 0.05) is 17.4 Å². The van der Waals surface area contributed by atoms with E-state index in [0.29, 0.717) is 28.2 Å². The average molecular weight is 439 g/mol. The van der Waals surface area contributed by atoms with E-state index in [1.165, 1.54) is 22.8 Å². The van der Waals surface area contributed by atoms with Crippen LogP contribution in [0.15, 0.2) is 57.8 Å². The molecule has 0 unspecified atom stereocenters. The average Bonchev–Trinajstić information content (AvgIpc) is 3.49. The first-order chi connectivity index (χ1) is 15.0. The minimum atomic E-state index is -0.531. The van der Waals surface area contributed by atoms with Gasteiger partial charge in [0.15, 0.2) is 5.82 Å². The van der Waals surface area contributed by atoms with Gasteiger partial charge in [-0.15, -0.1) is 0 Å². The standard InChI is InChI=1S/C22H16ClFN4O3/c23-16-8-7-13(24)9-17(16)25-19(29)11-28-18-4-2-1-3-14(18)15(10-20(28)30)22-26-21(27-31-22)12-5-6-12/h1-4,7-10,12H,5-6,11H2,(H,25,29). The van der Waals surface area contributed by atoms with E-state index in [4.69, 9.17) is 16.1 Å². The van der Waals surface area contributed by atoms with Crippen LogP contribution in [0.25, 0.3) is 22.4 Å². The molecule has 9 heteroatoms. The third kappa shape index (κ3) is 3.82. The lowest BCUT2D eigenvalue weighted by Gasteiger charge is -2.13. The van der Waals surface area contributed by atoms with Crippen LogP contribution in [0.5, 0.6) is 0 Å². The van der Waals surface area contributed by atoms with Gasteiger partial charge in [-0.2, -0.15) is 4.98 Å². The summed E-state index contributed by atoms with van der Waals surface area (Å²) in [5.74, 6) is 0.202. The van der Waals surface area contributed by atoms with E-state index in [1.807, 2.05) is 12.1 Å². The Morgan fingerprint density at radius 3 is 2.84 bits per heavy atom. The van der Waals surface area contributed by atoms with Crippen molar-refractivity contribution < 1.29 is 13.7 Å². The van der Waals surface area contributed by atoms with Crippen molar-refractivity contribution in [3.8, 4) is 11.5 Å². The summed E-state index contributed by atoms with van der Waals surface area (Å²) in [4.78, 5) is 29.9. The van der Waals surface area contributed by atoms with Crippen LogP contribution in [-0.2, 0) is 11.3 Å². The molecule has 7 nitrogen and oxygen atoms in total. The summed E-state index contributed by atoms with van der Waals surface area (Å²) in [7, 11) is 0. The number of hydrogen-bond donors (Lipinski definition) is 1. The van der Waals surface area contributed by atoms with Gasteiger partial charge < -0.3 is 9.84 Å². The van der Waals surface area contributed by atoms with Gasteiger partial charge in [-0.3, -0.25) is 14.2 Å². The number of nitrogens with one attached hydrogen (secondary N) is 1. The second kappa shape index (κ2) is 7.63. The summed E-state index contributed by atoms with van der Waals surface area (Å²) in [6.07, 6.45) is 2.07. The molecular weight excluding hydrogens is 423 g/mol. The van der Waals surface area contributed by atoms with E-state index in [0.717, 1.165) is 18.9 Å². The van der Waals surface area contributed by atoms with Gasteiger partial charge in [0.2, 0.25) is 5.91 Å². The Morgan fingerprint density at radius 1 is 1.23 bits per heavy atom. The van der Waals surface area contributed by atoms with E-state index in [-0.39, 0.29) is 23.1 Å². The number of para-hydroxylation sites is 1. The zero-order valence-electron chi connectivity index (χ0n) is 16.1. The number of aromatic nitrogens is 3. The molecule has 2 heterocycles. The maximum atomic E-state index is 13.5. The largest absolute Gasteiger partial charge is 0.334 e. The van der Waals surface area contributed by atoms with Crippen LogP contribution in [0.4, 0.5) is 10.1 Å². The number of pyridine rings is 1. The van der Waals surface area contributed by atoms with E-state index < -0.39 is 17.3 Å². The summed E-state index contributed by atoms with van der Waals surface area (Å²) in [6.45, 7) is -0.274. The number of rotatable bonds is 5. The maximum Gasteiger partial charge on any atom is 0.258 e. The predicted molar refractivity (Wildman–Crippen MR) is 114 cm³/mol. The number of carbonyl (C=O) groups excluding carboxylic acids is 1. The van der Waals surface area contributed by atoms with Crippen LogP contribution >= 0.6 is 11.6 Å². The van der Waals surface area contributed by atoms with Crippen LogP contribution in [-0.4, -0.2) is 20.6 Å². The quantitative estimate of drug-likeness (QED) is 0.500. The third-order valence-electron chi connectivity index (χ3n) is 5.14. The number of nitrogens with zero attached hydrogens (tertiary/aromatic N) is 3. The van der Waals surface area contributed by atoms with Crippen molar-refractivity contribution in [3.05, 3.63) is 75.5 Å².